The van der Waals surface area contributed by atoms with Crippen molar-refractivity contribution in [1.29, 1.82) is 0 Å². The zero-order chi connectivity index (χ0) is 24.2. The number of carbonyl (C=O) groups excluding carboxylic acids is 1. The molecule has 1 aromatic heterocycles. The van der Waals surface area contributed by atoms with Crippen LogP contribution in [-0.2, 0) is 19.6 Å². The summed E-state index contributed by atoms with van der Waals surface area (Å²) in [6.45, 7) is 0.222. The van der Waals surface area contributed by atoms with Gasteiger partial charge in [0.1, 0.15) is 16.5 Å². The molecule has 0 unspecified atom stereocenters. The SMILES string of the molecule is COC(=O)CCCCN(C)S(=O)(=O)c1cc(-c2ncc(-c3ccc(Br)c(F)c3)[nH]2)ccc1Cl. The molecule has 1 N–H and O–H groups in total. The van der Waals surface area contributed by atoms with Crippen LogP contribution in [0.15, 0.2) is 52.0 Å². The summed E-state index contributed by atoms with van der Waals surface area (Å²) in [5.74, 6) is -0.319. The van der Waals surface area contributed by atoms with Crippen LogP contribution >= 0.6 is 27.5 Å². The Kier molecular flexibility index (Phi) is 8.28. The van der Waals surface area contributed by atoms with Gasteiger partial charge < -0.3 is 9.72 Å². The lowest BCUT2D eigenvalue weighted by molar-refractivity contribution is -0.140. The second-order valence-electron chi connectivity index (χ2n) is 7.28. The van der Waals surface area contributed by atoms with Crippen molar-refractivity contribution in [2.24, 2.45) is 0 Å². The van der Waals surface area contributed by atoms with Crippen LogP contribution in [0.25, 0.3) is 22.6 Å². The molecule has 0 aliphatic rings. The van der Waals surface area contributed by atoms with E-state index < -0.39 is 15.8 Å². The fourth-order valence-corrected chi connectivity index (χ4v) is 5.07. The number of unbranched alkanes of at least 4 members (excludes halogenated alkanes) is 1. The van der Waals surface area contributed by atoms with Crippen molar-refractivity contribution in [1.82, 2.24) is 14.3 Å². The molecule has 1 heterocycles. The third-order valence-corrected chi connectivity index (χ3v) is 8.01. The highest BCUT2D eigenvalue weighted by Crippen LogP contribution is 2.30. The summed E-state index contributed by atoms with van der Waals surface area (Å²) in [6.07, 6.45) is 2.78. The number of nitrogens with zero attached hydrogens (tertiary/aromatic N) is 2. The van der Waals surface area contributed by atoms with Crippen molar-refractivity contribution >= 4 is 43.5 Å². The summed E-state index contributed by atoms with van der Waals surface area (Å²) in [5.41, 5.74) is 1.70. The van der Waals surface area contributed by atoms with E-state index in [0.717, 1.165) is 0 Å². The van der Waals surface area contributed by atoms with Gasteiger partial charge in [-0.25, -0.2) is 22.1 Å². The van der Waals surface area contributed by atoms with Crippen molar-refractivity contribution in [3.05, 3.63) is 57.9 Å². The average Bonchev–Trinajstić information content (AvgIpc) is 3.28. The topological polar surface area (TPSA) is 92.4 Å². The Morgan fingerprint density at radius 3 is 2.64 bits per heavy atom. The van der Waals surface area contributed by atoms with Crippen molar-refractivity contribution in [2.45, 2.75) is 24.2 Å². The molecule has 176 valence electrons. The van der Waals surface area contributed by atoms with E-state index in [4.69, 9.17) is 11.6 Å². The van der Waals surface area contributed by atoms with Crippen molar-refractivity contribution in [2.75, 3.05) is 20.7 Å². The molecule has 11 heteroatoms. The van der Waals surface area contributed by atoms with Crippen molar-refractivity contribution in [3.8, 4) is 22.6 Å². The summed E-state index contributed by atoms with van der Waals surface area (Å²) in [4.78, 5) is 18.6. The van der Waals surface area contributed by atoms with E-state index in [-0.39, 0.29) is 28.9 Å². The number of benzene rings is 2. The number of rotatable bonds is 9. The number of H-pyrrole nitrogens is 1. The van der Waals surface area contributed by atoms with Gasteiger partial charge in [-0.15, -0.1) is 0 Å². The number of esters is 1. The Morgan fingerprint density at radius 2 is 1.94 bits per heavy atom. The molecular formula is C22H22BrClFN3O4S. The van der Waals surface area contributed by atoms with Crippen LogP contribution in [-0.4, -0.2) is 49.4 Å². The van der Waals surface area contributed by atoms with Crippen molar-refractivity contribution < 1.29 is 22.3 Å². The Labute approximate surface area is 205 Å². The quantitative estimate of drug-likeness (QED) is 0.286. The molecule has 3 aromatic rings. The van der Waals surface area contributed by atoms with E-state index in [1.165, 1.54) is 36.7 Å². The highest BCUT2D eigenvalue weighted by molar-refractivity contribution is 9.10. The standard InChI is InChI=1S/C22H22BrClFN3O4S/c1-28(10-4-3-5-21(29)32-2)33(30,31)20-12-15(7-9-17(20)24)22-26-13-19(27-22)14-6-8-16(23)18(25)11-14/h6-9,11-13H,3-5,10H2,1-2H3,(H,26,27). The number of ether oxygens (including phenoxy) is 1. The van der Waals surface area contributed by atoms with Gasteiger partial charge in [0.25, 0.3) is 0 Å². The molecule has 33 heavy (non-hydrogen) atoms. The van der Waals surface area contributed by atoms with Gasteiger partial charge in [-0.1, -0.05) is 17.7 Å². The molecular weight excluding hydrogens is 537 g/mol. The summed E-state index contributed by atoms with van der Waals surface area (Å²) >= 11 is 9.35. The predicted octanol–water partition coefficient (Wildman–Crippen LogP) is 5.26. The molecule has 2 aromatic carbocycles. The summed E-state index contributed by atoms with van der Waals surface area (Å²) < 4.78 is 46.2. The Morgan fingerprint density at radius 1 is 1.21 bits per heavy atom. The number of methoxy groups -OCH3 is 1. The maximum Gasteiger partial charge on any atom is 0.305 e. The largest absolute Gasteiger partial charge is 0.469 e. The third kappa shape index (κ3) is 6.00. The molecule has 0 fully saturated rings. The minimum atomic E-state index is -3.87. The molecule has 0 atom stereocenters. The first kappa shape index (κ1) is 25.4. The number of carbonyl (C=O) groups is 1. The van der Waals surface area contributed by atoms with Crippen molar-refractivity contribution in [3.63, 3.8) is 0 Å². The number of sulfonamides is 1. The Balaban J connectivity index is 1.81. The van der Waals surface area contributed by atoms with Crippen LogP contribution < -0.4 is 0 Å². The van der Waals surface area contributed by atoms with Gasteiger partial charge >= 0.3 is 5.97 Å². The smallest absolute Gasteiger partial charge is 0.305 e. The van der Waals surface area contributed by atoms with Gasteiger partial charge in [-0.3, -0.25) is 4.79 Å². The van der Waals surface area contributed by atoms with E-state index in [1.54, 1.807) is 24.4 Å². The highest BCUT2D eigenvalue weighted by Gasteiger charge is 2.24. The molecule has 0 spiro atoms. The average molecular weight is 559 g/mol. The summed E-state index contributed by atoms with van der Waals surface area (Å²) in [5, 5.41) is 0.0851. The normalized spacial score (nSPS) is 11.7. The second kappa shape index (κ2) is 10.8. The number of aromatic nitrogens is 2. The Bertz CT molecular complexity index is 1270. The molecule has 0 aliphatic heterocycles. The van der Waals surface area contributed by atoms with E-state index in [1.807, 2.05) is 0 Å². The monoisotopic (exact) mass is 557 g/mol. The van der Waals surface area contributed by atoms with Gasteiger partial charge in [0.2, 0.25) is 10.0 Å². The number of aromatic amines is 1. The number of imidazole rings is 1. The lowest BCUT2D eigenvalue weighted by Crippen LogP contribution is -2.28. The zero-order valence-electron chi connectivity index (χ0n) is 17.9. The first-order valence-electron chi connectivity index (χ1n) is 9.97. The maximum atomic E-state index is 13.9. The fraction of sp³-hybridized carbons (Fsp3) is 0.273. The van der Waals surface area contributed by atoms with Gasteiger partial charge in [-0.05, 0) is 59.1 Å². The van der Waals surface area contributed by atoms with Crippen LogP contribution in [0.1, 0.15) is 19.3 Å². The first-order valence-corrected chi connectivity index (χ1v) is 12.6. The van der Waals surface area contributed by atoms with E-state index in [0.29, 0.717) is 40.0 Å². The van der Waals surface area contributed by atoms with Gasteiger partial charge in [0, 0.05) is 31.1 Å². The number of hydrogen-bond acceptors (Lipinski definition) is 5. The van der Waals surface area contributed by atoms with Crippen LogP contribution in [0.3, 0.4) is 0 Å². The molecule has 0 saturated heterocycles. The molecule has 0 saturated carbocycles. The van der Waals surface area contributed by atoms with Gasteiger partial charge in [0.15, 0.2) is 0 Å². The summed E-state index contributed by atoms with van der Waals surface area (Å²) in [7, 11) is -1.10. The second-order valence-corrected chi connectivity index (χ2v) is 10.6. The predicted molar refractivity (Wildman–Crippen MR) is 128 cm³/mol. The summed E-state index contributed by atoms with van der Waals surface area (Å²) in [6, 6.07) is 9.30. The minimum absolute atomic E-state index is 0.0511. The zero-order valence-corrected chi connectivity index (χ0v) is 21.1. The number of nitrogens with one attached hydrogen (secondary N) is 1. The van der Waals surface area contributed by atoms with E-state index in [2.05, 4.69) is 30.6 Å². The lowest BCUT2D eigenvalue weighted by atomic mass is 10.2. The van der Waals surface area contributed by atoms with Gasteiger partial charge in [-0.2, -0.15) is 0 Å². The van der Waals surface area contributed by atoms with E-state index >= 15 is 0 Å². The lowest BCUT2D eigenvalue weighted by Gasteiger charge is -2.18. The van der Waals surface area contributed by atoms with Gasteiger partial charge in [0.05, 0.1) is 28.5 Å². The Hall–Kier alpha value is -2.27. The highest BCUT2D eigenvalue weighted by atomic mass is 79.9. The molecule has 0 bridgehead atoms. The van der Waals surface area contributed by atoms with Crippen LogP contribution in [0.5, 0.6) is 0 Å². The molecule has 0 radical (unpaired) electrons. The van der Waals surface area contributed by atoms with E-state index in [9.17, 15) is 17.6 Å². The maximum absolute atomic E-state index is 13.9. The molecule has 3 rings (SSSR count). The number of halogens is 3. The minimum Gasteiger partial charge on any atom is -0.469 e. The molecule has 0 amide bonds. The van der Waals surface area contributed by atoms with Crippen LogP contribution in [0.4, 0.5) is 4.39 Å². The molecule has 0 aliphatic carbocycles. The van der Waals surface area contributed by atoms with Crippen LogP contribution in [0, 0.1) is 5.82 Å². The fourth-order valence-electron chi connectivity index (χ4n) is 3.12. The molecule has 7 nitrogen and oxygen atoms in total. The third-order valence-electron chi connectivity index (χ3n) is 5.03. The first-order chi connectivity index (χ1) is 15.6. The van der Waals surface area contributed by atoms with Crippen LogP contribution in [0.2, 0.25) is 5.02 Å². The number of hydrogen-bond donors (Lipinski definition) is 1.